The van der Waals surface area contributed by atoms with Crippen LogP contribution in [0.1, 0.15) is 31.3 Å². The van der Waals surface area contributed by atoms with Crippen LogP contribution >= 0.6 is 0 Å². The van der Waals surface area contributed by atoms with Crippen molar-refractivity contribution in [3.05, 3.63) is 17.7 Å². The third-order valence-electron chi connectivity index (χ3n) is 2.73. The summed E-state index contributed by atoms with van der Waals surface area (Å²) in [5.74, 6) is 0.995. The number of aromatic amines is 1. The lowest BCUT2D eigenvalue weighted by atomic mass is 10.1. The van der Waals surface area contributed by atoms with Gasteiger partial charge in [-0.3, -0.25) is 0 Å². The van der Waals surface area contributed by atoms with Gasteiger partial charge in [0, 0.05) is 25.0 Å². The first-order chi connectivity index (χ1) is 6.18. The third-order valence-corrected chi connectivity index (χ3v) is 2.73. The molecule has 1 aromatic heterocycles. The Kier molecular flexibility index (Phi) is 2.12. The molecule has 1 aromatic rings. The van der Waals surface area contributed by atoms with Crippen LogP contribution in [0.15, 0.2) is 6.20 Å². The van der Waals surface area contributed by atoms with Gasteiger partial charge in [0.2, 0.25) is 0 Å². The predicted octanol–water partition coefficient (Wildman–Crippen LogP) is 1.61. The molecule has 0 saturated heterocycles. The van der Waals surface area contributed by atoms with E-state index in [1.165, 1.54) is 18.5 Å². The van der Waals surface area contributed by atoms with Crippen molar-refractivity contribution in [3.8, 4) is 0 Å². The first-order valence-electron chi connectivity index (χ1n) is 4.89. The van der Waals surface area contributed by atoms with E-state index < -0.39 is 0 Å². The summed E-state index contributed by atoms with van der Waals surface area (Å²) in [4.78, 5) is 7.36. The van der Waals surface area contributed by atoms with Crippen LogP contribution in [0.4, 0.5) is 0 Å². The van der Waals surface area contributed by atoms with Crippen molar-refractivity contribution in [2.24, 2.45) is 5.41 Å². The minimum absolute atomic E-state index is 0.592. The van der Waals surface area contributed by atoms with Gasteiger partial charge in [0.05, 0.1) is 0 Å². The second kappa shape index (κ2) is 3.14. The molecule has 0 aliphatic heterocycles. The van der Waals surface area contributed by atoms with Crippen LogP contribution in [-0.4, -0.2) is 16.5 Å². The molecule has 3 heteroatoms. The van der Waals surface area contributed by atoms with Crippen LogP contribution in [0.25, 0.3) is 0 Å². The van der Waals surface area contributed by atoms with Gasteiger partial charge in [-0.15, -0.1) is 0 Å². The Morgan fingerprint density at radius 2 is 2.38 bits per heavy atom. The van der Waals surface area contributed by atoms with E-state index >= 15 is 0 Å². The topological polar surface area (TPSA) is 40.7 Å². The monoisotopic (exact) mass is 179 g/mol. The first-order valence-corrected chi connectivity index (χ1v) is 4.89. The molecule has 0 radical (unpaired) electrons. The number of imidazole rings is 1. The smallest absolute Gasteiger partial charge is 0.103 e. The minimum atomic E-state index is 0.592. The highest BCUT2D eigenvalue weighted by Crippen LogP contribution is 2.44. The van der Waals surface area contributed by atoms with Gasteiger partial charge < -0.3 is 10.3 Å². The van der Waals surface area contributed by atoms with E-state index in [0.29, 0.717) is 5.41 Å². The zero-order chi connectivity index (χ0) is 9.31. The average Bonchev–Trinajstić information content (AvgIpc) is 2.65. The maximum Gasteiger partial charge on any atom is 0.103 e. The molecule has 1 aliphatic carbocycles. The number of rotatable bonds is 4. The molecule has 1 fully saturated rings. The van der Waals surface area contributed by atoms with Gasteiger partial charge in [0.15, 0.2) is 0 Å². The highest BCUT2D eigenvalue weighted by atomic mass is 15.0. The summed E-state index contributed by atoms with van der Waals surface area (Å²) in [5.41, 5.74) is 1.77. The highest BCUT2D eigenvalue weighted by molar-refractivity contribution is 5.00. The molecule has 0 atom stereocenters. The molecule has 0 aromatic carbocycles. The van der Waals surface area contributed by atoms with Crippen LogP contribution in [0, 0.1) is 12.3 Å². The van der Waals surface area contributed by atoms with Crippen LogP contribution < -0.4 is 5.32 Å². The fourth-order valence-corrected chi connectivity index (χ4v) is 1.45. The number of aryl methyl sites for hydroxylation is 1. The maximum atomic E-state index is 4.15. The number of hydrogen-bond acceptors (Lipinski definition) is 2. The molecule has 13 heavy (non-hydrogen) atoms. The maximum absolute atomic E-state index is 4.15. The second-order valence-electron chi connectivity index (χ2n) is 4.41. The largest absolute Gasteiger partial charge is 0.345 e. The Morgan fingerprint density at radius 1 is 1.62 bits per heavy atom. The molecule has 72 valence electrons. The van der Waals surface area contributed by atoms with E-state index in [4.69, 9.17) is 0 Å². The molecule has 0 unspecified atom stereocenters. The SMILES string of the molecule is Cc1ncc(CNCC2(C)CC2)[nH]1. The number of nitrogens with one attached hydrogen (secondary N) is 2. The second-order valence-corrected chi connectivity index (χ2v) is 4.41. The molecular formula is C10H17N3. The Balaban J connectivity index is 1.73. The van der Waals surface area contributed by atoms with E-state index in [9.17, 15) is 0 Å². The van der Waals surface area contributed by atoms with Crippen LogP contribution in [0.3, 0.4) is 0 Å². The van der Waals surface area contributed by atoms with Crippen LogP contribution in [0.5, 0.6) is 0 Å². The van der Waals surface area contributed by atoms with Crippen molar-refractivity contribution >= 4 is 0 Å². The van der Waals surface area contributed by atoms with E-state index in [2.05, 4.69) is 22.2 Å². The van der Waals surface area contributed by atoms with Gasteiger partial charge >= 0.3 is 0 Å². The van der Waals surface area contributed by atoms with E-state index in [1.54, 1.807) is 0 Å². The number of H-pyrrole nitrogens is 1. The summed E-state index contributed by atoms with van der Waals surface area (Å²) in [5, 5.41) is 3.45. The highest BCUT2D eigenvalue weighted by Gasteiger charge is 2.36. The fraction of sp³-hybridized carbons (Fsp3) is 0.700. The summed E-state index contributed by atoms with van der Waals surface area (Å²) in [6, 6.07) is 0. The molecule has 3 nitrogen and oxygen atoms in total. The molecule has 1 saturated carbocycles. The van der Waals surface area contributed by atoms with Gasteiger partial charge in [0.25, 0.3) is 0 Å². The molecule has 1 aliphatic rings. The predicted molar refractivity (Wildman–Crippen MR) is 52.4 cm³/mol. The lowest BCUT2D eigenvalue weighted by Crippen LogP contribution is -2.21. The van der Waals surface area contributed by atoms with Crippen molar-refractivity contribution in [2.75, 3.05) is 6.54 Å². The van der Waals surface area contributed by atoms with Crippen molar-refractivity contribution in [1.29, 1.82) is 0 Å². The molecule has 0 spiro atoms. The van der Waals surface area contributed by atoms with Crippen molar-refractivity contribution in [2.45, 2.75) is 33.2 Å². The Labute approximate surface area is 79.0 Å². The average molecular weight is 179 g/mol. The van der Waals surface area contributed by atoms with Gasteiger partial charge in [-0.2, -0.15) is 0 Å². The van der Waals surface area contributed by atoms with Gasteiger partial charge in [-0.1, -0.05) is 6.92 Å². The minimum Gasteiger partial charge on any atom is -0.345 e. The van der Waals surface area contributed by atoms with Gasteiger partial charge in [-0.05, 0) is 25.2 Å². The number of nitrogens with zero attached hydrogens (tertiary/aromatic N) is 1. The van der Waals surface area contributed by atoms with Crippen LogP contribution in [-0.2, 0) is 6.54 Å². The van der Waals surface area contributed by atoms with E-state index in [-0.39, 0.29) is 0 Å². The first kappa shape index (κ1) is 8.75. The molecule has 1 heterocycles. The molecule has 0 amide bonds. The van der Waals surface area contributed by atoms with Crippen molar-refractivity contribution in [3.63, 3.8) is 0 Å². The summed E-state index contributed by atoms with van der Waals surface area (Å²) >= 11 is 0. The molecule has 2 N–H and O–H groups in total. The standard InChI is InChI=1S/C10H17N3/c1-8-12-6-9(13-8)5-11-7-10(2)3-4-10/h6,11H,3-5,7H2,1-2H3,(H,12,13). The van der Waals surface area contributed by atoms with Crippen LogP contribution in [0.2, 0.25) is 0 Å². The van der Waals surface area contributed by atoms with E-state index in [1.807, 2.05) is 13.1 Å². The molecular weight excluding hydrogens is 162 g/mol. The van der Waals surface area contributed by atoms with Crippen molar-refractivity contribution in [1.82, 2.24) is 15.3 Å². The third kappa shape index (κ3) is 2.31. The van der Waals surface area contributed by atoms with Crippen molar-refractivity contribution < 1.29 is 0 Å². The van der Waals surface area contributed by atoms with E-state index in [0.717, 1.165) is 18.9 Å². The number of aromatic nitrogens is 2. The Hall–Kier alpha value is -0.830. The Bertz CT molecular complexity index is 286. The Morgan fingerprint density at radius 3 is 2.92 bits per heavy atom. The zero-order valence-corrected chi connectivity index (χ0v) is 8.35. The summed E-state index contributed by atoms with van der Waals surface area (Å²) < 4.78 is 0. The lowest BCUT2D eigenvalue weighted by Gasteiger charge is -2.08. The quantitative estimate of drug-likeness (QED) is 0.737. The fourth-order valence-electron chi connectivity index (χ4n) is 1.45. The molecule has 0 bridgehead atoms. The summed E-state index contributed by atoms with van der Waals surface area (Å²) in [7, 11) is 0. The number of hydrogen-bond donors (Lipinski definition) is 2. The lowest BCUT2D eigenvalue weighted by molar-refractivity contribution is 0.497. The normalized spacial score (nSPS) is 18.9. The van der Waals surface area contributed by atoms with Gasteiger partial charge in [-0.25, -0.2) is 4.98 Å². The van der Waals surface area contributed by atoms with Gasteiger partial charge in [0.1, 0.15) is 5.82 Å². The summed E-state index contributed by atoms with van der Waals surface area (Å²) in [6.45, 7) is 6.35. The molecule has 2 rings (SSSR count). The zero-order valence-electron chi connectivity index (χ0n) is 8.35. The summed E-state index contributed by atoms with van der Waals surface area (Å²) in [6.07, 6.45) is 4.65.